The zero-order valence-electron chi connectivity index (χ0n) is 31.9. The summed E-state index contributed by atoms with van der Waals surface area (Å²) in [5, 5.41) is 43.8. The summed E-state index contributed by atoms with van der Waals surface area (Å²) in [6.07, 6.45) is 5.37. The highest BCUT2D eigenvalue weighted by molar-refractivity contribution is 5.90. The van der Waals surface area contributed by atoms with E-state index in [1.165, 1.54) is 20.3 Å². The van der Waals surface area contributed by atoms with Crippen molar-refractivity contribution in [2.45, 2.75) is 118 Å². The number of esters is 2. The van der Waals surface area contributed by atoms with E-state index in [1.807, 2.05) is 53.7 Å². The second kappa shape index (κ2) is 19.5. The molecule has 12 heteroatoms. The van der Waals surface area contributed by atoms with Crippen molar-refractivity contribution in [1.82, 2.24) is 0 Å². The fourth-order valence-corrected chi connectivity index (χ4v) is 7.00. The Hall–Kier alpha value is -3.29. The highest BCUT2D eigenvalue weighted by atomic mass is 16.6. The molecule has 12 nitrogen and oxygen atoms in total. The number of aliphatic hydroxyl groups is 3. The van der Waals surface area contributed by atoms with E-state index in [1.54, 1.807) is 32.9 Å². The number of carboxylic acid groups (broad SMARTS) is 1. The number of aliphatic carboxylic acids is 1. The van der Waals surface area contributed by atoms with E-state index >= 15 is 0 Å². The Morgan fingerprint density at radius 2 is 1.71 bits per heavy atom. The summed E-state index contributed by atoms with van der Waals surface area (Å²) in [6.45, 7) is 16.5. The standard InChI is InChI=1S/C39H60O12/c1-21(2)36-26(7)31(49-33(42)16-15-32(40)41)20-39(46,51-36)28(9)35(44)27(8)37-29(47-10)14-12-13-22(3)17-24(5)34(43)25(6)18-23(4)19-30(48-11)38(45)50-37/h12-16,18-19,21,24-29,31,34-37,43-44,46H,17,20H2,1-11H3,(H,40,41)/b14-12+,16-15+,22-13?,23-18+,30-19-/t24-,25+,26-,27-,28-,29-,31+,34-,35+,36+,37+,39+/m0/s1. The Morgan fingerprint density at radius 3 is 2.27 bits per heavy atom. The van der Waals surface area contributed by atoms with Gasteiger partial charge in [0.15, 0.2) is 5.79 Å². The smallest absolute Gasteiger partial charge is 0.373 e. The molecule has 2 aliphatic heterocycles. The quantitative estimate of drug-likeness (QED) is 0.178. The molecule has 12 atom stereocenters. The molecule has 2 rings (SSSR count). The zero-order valence-corrected chi connectivity index (χ0v) is 31.9. The summed E-state index contributed by atoms with van der Waals surface area (Å²) in [7, 11) is 2.80. The lowest BCUT2D eigenvalue weighted by molar-refractivity contribution is -0.329. The third-order valence-electron chi connectivity index (χ3n) is 10.1. The normalized spacial score (nSPS) is 36.1. The van der Waals surface area contributed by atoms with Gasteiger partial charge < -0.3 is 44.1 Å². The van der Waals surface area contributed by atoms with Crippen molar-refractivity contribution in [3.8, 4) is 0 Å². The molecule has 51 heavy (non-hydrogen) atoms. The van der Waals surface area contributed by atoms with Gasteiger partial charge in [0.25, 0.3) is 0 Å². The minimum absolute atomic E-state index is 0.0458. The Morgan fingerprint density at radius 1 is 1.06 bits per heavy atom. The number of ether oxygens (including phenoxy) is 5. The first kappa shape index (κ1) is 43.9. The molecule has 0 amide bonds. The minimum atomic E-state index is -1.99. The summed E-state index contributed by atoms with van der Waals surface area (Å²) in [5.74, 6) is -7.68. The topological polar surface area (TPSA) is 178 Å². The fraction of sp³-hybridized carbons (Fsp3) is 0.667. The van der Waals surface area contributed by atoms with Gasteiger partial charge in [-0.2, -0.15) is 0 Å². The first-order chi connectivity index (χ1) is 23.8. The maximum Gasteiger partial charge on any atom is 0.373 e. The molecule has 2 aliphatic rings. The summed E-state index contributed by atoms with van der Waals surface area (Å²) in [5.41, 5.74) is 1.70. The predicted molar refractivity (Wildman–Crippen MR) is 191 cm³/mol. The average molecular weight is 721 g/mol. The molecule has 1 saturated heterocycles. The third kappa shape index (κ3) is 12.1. The average Bonchev–Trinajstić information content (AvgIpc) is 3.06. The van der Waals surface area contributed by atoms with Crippen LogP contribution in [0.4, 0.5) is 0 Å². The molecule has 4 N–H and O–H groups in total. The molecule has 0 unspecified atom stereocenters. The molecule has 0 bridgehead atoms. The summed E-state index contributed by atoms with van der Waals surface area (Å²) < 4.78 is 29.1. The Labute approximate surface area is 302 Å². The number of carboxylic acids is 1. The van der Waals surface area contributed by atoms with Gasteiger partial charge in [0, 0.05) is 49.4 Å². The third-order valence-corrected chi connectivity index (χ3v) is 10.1. The first-order valence-electron chi connectivity index (χ1n) is 17.7. The van der Waals surface area contributed by atoms with Crippen LogP contribution in [-0.2, 0) is 38.1 Å². The van der Waals surface area contributed by atoms with Crippen LogP contribution < -0.4 is 0 Å². The molecule has 0 aromatic heterocycles. The van der Waals surface area contributed by atoms with Crippen LogP contribution in [0.15, 0.2) is 59.4 Å². The van der Waals surface area contributed by atoms with Crippen molar-refractivity contribution < 1.29 is 58.5 Å². The van der Waals surface area contributed by atoms with Crippen molar-refractivity contribution in [3.05, 3.63) is 59.4 Å². The van der Waals surface area contributed by atoms with Crippen molar-refractivity contribution in [2.24, 2.45) is 35.5 Å². The molecular formula is C39H60O12. The molecule has 0 aromatic carbocycles. The van der Waals surface area contributed by atoms with Crippen LogP contribution in [0, 0.1) is 35.5 Å². The fourth-order valence-electron chi connectivity index (χ4n) is 7.00. The molecule has 0 spiro atoms. The second-order valence-corrected chi connectivity index (χ2v) is 14.6. The second-order valence-electron chi connectivity index (χ2n) is 14.6. The minimum Gasteiger partial charge on any atom is -0.490 e. The lowest BCUT2D eigenvalue weighted by Crippen LogP contribution is -2.59. The molecule has 1 fully saturated rings. The van der Waals surface area contributed by atoms with E-state index in [0.717, 1.165) is 11.6 Å². The molecule has 0 radical (unpaired) electrons. The maximum absolute atomic E-state index is 13.6. The number of methoxy groups -OCH3 is 2. The first-order valence-corrected chi connectivity index (χ1v) is 17.7. The van der Waals surface area contributed by atoms with Gasteiger partial charge in [-0.25, -0.2) is 14.4 Å². The number of carbonyl (C=O) groups is 3. The van der Waals surface area contributed by atoms with Crippen molar-refractivity contribution in [2.75, 3.05) is 14.2 Å². The van der Waals surface area contributed by atoms with Gasteiger partial charge in [0.05, 0.1) is 25.4 Å². The van der Waals surface area contributed by atoms with Crippen LogP contribution in [0.2, 0.25) is 0 Å². The Bertz CT molecular complexity index is 1350. The van der Waals surface area contributed by atoms with E-state index in [-0.39, 0.29) is 35.9 Å². The van der Waals surface area contributed by atoms with Crippen LogP contribution >= 0.6 is 0 Å². The van der Waals surface area contributed by atoms with Gasteiger partial charge in [-0.3, -0.25) is 0 Å². The molecule has 288 valence electrons. The largest absolute Gasteiger partial charge is 0.490 e. The Kier molecular flexibility index (Phi) is 16.8. The van der Waals surface area contributed by atoms with Crippen molar-refractivity contribution in [1.29, 1.82) is 0 Å². The lowest BCUT2D eigenvalue weighted by atomic mass is 9.76. The molecule has 0 aliphatic carbocycles. The highest BCUT2D eigenvalue weighted by Crippen LogP contribution is 2.42. The van der Waals surface area contributed by atoms with E-state index in [9.17, 15) is 29.7 Å². The summed E-state index contributed by atoms with van der Waals surface area (Å²) in [6, 6.07) is 0. The molecule has 0 aromatic rings. The van der Waals surface area contributed by atoms with Crippen LogP contribution in [0.25, 0.3) is 0 Å². The predicted octanol–water partition coefficient (Wildman–Crippen LogP) is 4.88. The van der Waals surface area contributed by atoms with Crippen LogP contribution in [0.5, 0.6) is 0 Å². The summed E-state index contributed by atoms with van der Waals surface area (Å²) >= 11 is 0. The van der Waals surface area contributed by atoms with E-state index in [4.69, 9.17) is 28.8 Å². The van der Waals surface area contributed by atoms with Crippen LogP contribution in [0.1, 0.15) is 75.2 Å². The van der Waals surface area contributed by atoms with Crippen molar-refractivity contribution in [3.63, 3.8) is 0 Å². The van der Waals surface area contributed by atoms with Gasteiger partial charge in [-0.15, -0.1) is 0 Å². The van der Waals surface area contributed by atoms with Gasteiger partial charge in [-0.05, 0) is 38.2 Å². The number of allylic oxidation sites excluding steroid dienone is 5. The van der Waals surface area contributed by atoms with E-state index in [2.05, 4.69) is 0 Å². The van der Waals surface area contributed by atoms with Gasteiger partial charge >= 0.3 is 17.9 Å². The zero-order chi connectivity index (χ0) is 38.8. The number of hydrogen-bond donors (Lipinski definition) is 4. The maximum atomic E-state index is 13.6. The number of carbonyl (C=O) groups excluding carboxylic acids is 2. The van der Waals surface area contributed by atoms with Crippen LogP contribution in [0.3, 0.4) is 0 Å². The number of cyclic esters (lactones) is 1. The van der Waals surface area contributed by atoms with E-state index < -0.39 is 72.2 Å². The Balaban J connectivity index is 2.55. The molecular weight excluding hydrogens is 660 g/mol. The van der Waals surface area contributed by atoms with E-state index in [0.29, 0.717) is 18.1 Å². The molecule has 0 saturated carbocycles. The summed E-state index contributed by atoms with van der Waals surface area (Å²) in [4.78, 5) is 37.1. The number of hydrogen-bond acceptors (Lipinski definition) is 11. The van der Waals surface area contributed by atoms with Crippen molar-refractivity contribution >= 4 is 17.9 Å². The number of rotatable bonds is 10. The van der Waals surface area contributed by atoms with Crippen LogP contribution in [-0.4, -0.2) is 95.0 Å². The van der Waals surface area contributed by atoms with Gasteiger partial charge in [-0.1, -0.05) is 83.9 Å². The lowest BCUT2D eigenvalue weighted by Gasteiger charge is -2.50. The highest BCUT2D eigenvalue weighted by Gasteiger charge is 2.53. The molecule has 2 heterocycles. The van der Waals surface area contributed by atoms with Gasteiger partial charge in [0.1, 0.15) is 18.3 Å². The number of aliphatic hydroxyl groups excluding tert-OH is 2. The SMILES string of the molecule is CO/C1=C\C(C)=C\[C@@H](C)[C@@H](O)[C@@H](C)CC(C)=C/C=C/[C@H](OC)[C@@H]([C@@H](C)[C@@H](O)[C@H](C)[C@@]2(O)C[C@@H](OC(=O)/C=C/C(=O)O)[C@H](C)[C@@H](C(C)C)O2)OC1=O. The monoisotopic (exact) mass is 720 g/mol. The van der Waals surface area contributed by atoms with Gasteiger partial charge in [0.2, 0.25) is 5.76 Å².